The van der Waals surface area contributed by atoms with Gasteiger partial charge in [-0.1, -0.05) is 13.8 Å². The number of aromatic nitrogens is 2. The summed E-state index contributed by atoms with van der Waals surface area (Å²) in [7, 11) is -3.43. The van der Waals surface area contributed by atoms with Gasteiger partial charge in [0.2, 0.25) is 10.0 Å². The van der Waals surface area contributed by atoms with Crippen LogP contribution in [0.5, 0.6) is 0 Å². The Labute approximate surface area is 126 Å². The van der Waals surface area contributed by atoms with Crippen LogP contribution in [-0.4, -0.2) is 36.8 Å². The molecule has 1 aromatic rings. The van der Waals surface area contributed by atoms with Crippen LogP contribution >= 0.6 is 0 Å². The van der Waals surface area contributed by atoms with Crippen molar-refractivity contribution in [1.29, 1.82) is 0 Å². The van der Waals surface area contributed by atoms with E-state index >= 15 is 0 Å². The zero-order valence-electron chi connectivity index (χ0n) is 12.7. The average Bonchev–Trinajstić information content (AvgIpc) is 3.25. The minimum absolute atomic E-state index is 0.0496. The van der Waals surface area contributed by atoms with Crippen molar-refractivity contribution in [2.24, 2.45) is 5.41 Å². The molecule has 2 aliphatic carbocycles. The van der Waals surface area contributed by atoms with Crippen molar-refractivity contribution >= 4 is 10.0 Å². The molecule has 0 amide bonds. The molecule has 7 heteroatoms. The van der Waals surface area contributed by atoms with Crippen LogP contribution in [0.25, 0.3) is 0 Å². The van der Waals surface area contributed by atoms with Crippen LogP contribution in [0.2, 0.25) is 0 Å². The molecule has 2 saturated carbocycles. The molecule has 0 saturated heterocycles. The highest BCUT2D eigenvalue weighted by Crippen LogP contribution is 2.45. The van der Waals surface area contributed by atoms with E-state index in [9.17, 15) is 8.42 Å². The summed E-state index contributed by atoms with van der Waals surface area (Å²) in [5, 5.41) is 7.58. The van der Waals surface area contributed by atoms with Gasteiger partial charge in [0.1, 0.15) is 4.90 Å². The van der Waals surface area contributed by atoms with Crippen LogP contribution in [0.3, 0.4) is 0 Å². The summed E-state index contributed by atoms with van der Waals surface area (Å²) in [6.45, 7) is 5.83. The predicted molar refractivity (Wildman–Crippen MR) is 80.4 cm³/mol. The summed E-state index contributed by atoms with van der Waals surface area (Å²) >= 11 is 0. The molecule has 0 radical (unpaired) electrons. The lowest BCUT2D eigenvalue weighted by Crippen LogP contribution is -2.28. The topological polar surface area (TPSA) is 76.0 Å². The summed E-state index contributed by atoms with van der Waals surface area (Å²) in [6.07, 6.45) is 7.48. The van der Waals surface area contributed by atoms with E-state index in [1.165, 1.54) is 19.0 Å². The van der Waals surface area contributed by atoms with Crippen molar-refractivity contribution in [1.82, 2.24) is 19.8 Å². The third-order valence-corrected chi connectivity index (χ3v) is 5.73. The van der Waals surface area contributed by atoms with Crippen molar-refractivity contribution in [2.75, 3.05) is 6.54 Å². The molecule has 6 nitrogen and oxygen atoms in total. The van der Waals surface area contributed by atoms with Gasteiger partial charge in [0.25, 0.3) is 0 Å². The van der Waals surface area contributed by atoms with Gasteiger partial charge in [-0.15, -0.1) is 0 Å². The maximum atomic E-state index is 12.2. The Bertz CT molecular complexity index is 604. The zero-order chi connectivity index (χ0) is 15.1. The first-order chi connectivity index (χ1) is 9.87. The zero-order valence-corrected chi connectivity index (χ0v) is 13.5. The summed E-state index contributed by atoms with van der Waals surface area (Å²) in [5.41, 5.74) is 0.0809. The fourth-order valence-electron chi connectivity index (χ4n) is 2.36. The quantitative estimate of drug-likeness (QED) is 0.705. The van der Waals surface area contributed by atoms with E-state index in [0.717, 1.165) is 25.9 Å². The molecule has 21 heavy (non-hydrogen) atoms. The molecule has 0 spiro atoms. The van der Waals surface area contributed by atoms with Gasteiger partial charge >= 0.3 is 0 Å². The molecule has 0 aliphatic heterocycles. The average molecular weight is 312 g/mol. The van der Waals surface area contributed by atoms with Gasteiger partial charge in [0, 0.05) is 24.8 Å². The minimum atomic E-state index is -3.43. The smallest absolute Gasteiger partial charge is 0.243 e. The second-order valence-electron chi connectivity index (χ2n) is 6.89. The maximum Gasteiger partial charge on any atom is 0.243 e. The Morgan fingerprint density at radius 1 is 1.43 bits per heavy atom. The first-order valence-electron chi connectivity index (χ1n) is 7.65. The predicted octanol–water partition coefficient (Wildman–Crippen LogP) is 1.10. The summed E-state index contributed by atoms with van der Waals surface area (Å²) in [5.74, 6) is 0. The normalized spacial score (nSPS) is 24.2. The van der Waals surface area contributed by atoms with E-state index in [1.54, 1.807) is 10.9 Å². The van der Waals surface area contributed by atoms with Gasteiger partial charge in [-0.25, -0.2) is 13.1 Å². The van der Waals surface area contributed by atoms with Gasteiger partial charge in [-0.3, -0.25) is 4.68 Å². The molecule has 2 N–H and O–H groups in total. The second-order valence-corrected chi connectivity index (χ2v) is 8.60. The molecule has 0 aromatic carbocycles. The van der Waals surface area contributed by atoms with Crippen molar-refractivity contribution in [3.8, 4) is 0 Å². The van der Waals surface area contributed by atoms with E-state index in [0.29, 0.717) is 6.04 Å². The largest absolute Gasteiger partial charge is 0.314 e. The lowest BCUT2D eigenvalue weighted by atomic mass is 10.2. The van der Waals surface area contributed by atoms with E-state index in [1.807, 2.05) is 0 Å². The maximum absolute atomic E-state index is 12.2. The molecule has 2 aliphatic rings. The lowest BCUT2D eigenvalue weighted by molar-refractivity contribution is 0.540. The Morgan fingerprint density at radius 3 is 2.76 bits per heavy atom. The van der Waals surface area contributed by atoms with Crippen LogP contribution < -0.4 is 10.0 Å². The van der Waals surface area contributed by atoms with E-state index in [-0.39, 0.29) is 16.4 Å². The molecule has 1 aromatic heterocycles. The van der Waals surface area contributed by atoms with E-state index in [2.05, 4.69) is 29.0 Å². The number of hydrogen-bond acceptors (Lipinski definition) is 4. The Kier molecular flexibility index (Phi) is 3.83. The van der Waals surface area contributed by atoms with Crippen LogP contribution in [0.4, 0.5) is 0 Å². The molecule has 118 valence electrons. The first-order valence-corrected chi connectivity index (χ1v) is 9.13. The number of sulfonamides is 1. The van der Waals surface area contributed by atoms with Crippen LogP contribution in [0, 0.1) is 5.41 Å². The highest BCUT2D eigenvalue weighted by Gasteiger charge is 2.48. The minimum Gasteiger partial charge on any atom is -0.314 e. The van der Waals surface area contributed by atoms with Gasteiger partial charge in [0.05, 0.1) is 6.20 Å². The number of nitrogens with zero attached hydrogens (tertiary/aromatic N) is 2. The van der Waals surface area contributed by atoms with Gasteiger partial charge in [-0.2, -0.15) is 5.10 Å². The van der Waals surface area contributed by atoms with Crippen molar-refractivity contribution in [2.45, 2.75) is 63.1 Å². The van der Waals surface area contributed by atoms with Gasteiger partial charge in [0.15, 0.2) is 0 Å². The van der Waals surface area contributed by atoms with Gasteiger partial charge < -0.3 is 5.32 Å². The third-order valence-electron chi connectivity index (χ3n) is 4.31. The Morgan fingerprint density at radius 2 is 2.14 bits per heavy atom. The number of aryl methyl sites for hydroxylation is 1. The Hall–Kier alpha value is -0.920. The molecule has 1 heterocycles. The monoisotopic (exact) mass is 312 g/mol. The summed E-state index contributed by atoms with van der Waals surface area (Å²) < 4.78 is 28.9. The SMILES string of the molecule is CC1(C)CC1NS(=O)(=O)c1cnn(CCCNC2CC2)c1. The summed E-state index contributed by atoms with van der Waals surface area (Å²) in [4.78, 5) is 0.264. The standard InChI is InChI=1S/C14H24N4O2S/c1-14(2)8-13(14)17-21(19,20)12-9-16-18(10-12)7-3-6-15-11-4-5-11/h9-11,13,15,17H,3-8H2,1-2H3. The Balaban J connectivity index is 1.51. The van der Waals surface area contributed by atoms with Crippen LogP contribution in [0.1, 0.15) is 39.5 Å². The summed E-state index contributed by atoms with van der Waals surface area (Å²) in [6, 6.07) is 0.762. The van der Waals surface area contributed by atoms with Gasteiger partial charge in [-0.05, 0) is 37.6 Å². The molecule has 3 rings (SSSR count). The van der Waals surface area contributed by atoms with Crippen molar-refractivity contribution < 1.29 is 8.42 Å². The number of rotatable bonds is 8. The molecule has 1 unspecified atom stereocenters. The highest BCUT2D eigenvalue weighted by atomic mass is 32.2. The highest BCUT2D eigenvalue weighted by molar-refractivity contribution is 7.89. The molecular formula is C14H24N4O2S. The molecule has 1 atom stereocenters. The third kappa shape index (κ3) is 3.84. The van der Waals surface area contributed by atoms with Crippen LogP contribution in [-0.2, 0) is 16.6 Å². The lowest BCUT2D eigenvalue weighted by Gasteiger charge is -2.06. The number of nitrogens with one attached hydrogen (secondary N) is 2. The number of hydrogen-bond donors (Lipinski definition) is 2. The van der Waals surface area contributed by atoms with E-state index in [4.69, 9.17) is 0 Å². The fraction of sp³-hybridized carbons (Fsp3) is 0.786. The first kappa shape index (κ1) is 15.0. The molecule has 2 fully saturated rings. The molecule has 0 bridgehead atoms. The van der Waals surface area contributed by atoms with Crippen molar-refractivity contribution in [3.05, 3.63) is 12.4 Å². The molecular weight excluding hydrogens is 288 g/mol. The fourth-order valence-corrected chi connectivity index (χ4v) is 3.72. The van der Waals surface area contributed by atoms with Crippen molar-refractivity contribution in [3.63, 3.8) is 0 Å². The van der Waals surface area contributed by atoms with E-state index < -0.39 is 10.0 Å². The second kappa shape index (κ2) is 5.37. The van der Waals surface area contributed by atoms with Crippen LogP contribution in [0.15, 0.2) is 17.3 Å².